The summed E-state index contributed by atoms with van der Waals surface area (Å²) in [6.45, 7) is 5.79. The Labute approximate surface area is 112 Å². The first-order valence-electron chi connectivity index (χ1n) is 6.13. The minimum atomic E-state index is -0.716. The van der Waals surface area contributed by atoms with Crippen molar-refractivity contribution in [2.24, 2.45) is 5.41 Å². The molecule has 1 N–H and O–H groups in total. The predicted octanol–water partition coefficient (Wildman–Crippen LogP) is 3.34. The molecule has 0 aromatic heterocycles. The summed E-state index contributed by atoms with van der Waals surface area (Å²) >= 11 is 5.95. The molecule has 3 nitrogen and oxygen atoms in total. The highest BCUT2D eigenvalue weighted by Crippen LogP contribution is 2.37. The number of anilines is 1. The van der Waals surface area contributed by atoms with Crippen LogP contribution >= 0.6 is 11.6 Å². The van der Waals surface area contributed by atoms with Crippen LogP contribution in [-0.4, -0.2) is 24.2 Å². The molecule has 1 heterocycles. The van der Waals surface area contributed by atoms with Gasteiger partial charge in [0, 0.05) is 23.8 Å². The van der Waals surface area contributed by atoms with Crippen LogP contribution in [0.2, 0.25) is 5.02 Å². The van der Waals surface area contributed by atoms with Crippen molar-refractivity contribution in [2.75, 3.05) is 18.0 Å². The third kappa shape index (κ3) is 2.78. The number of benzene rings is 1. The number of aryl methyl sites for hydroxylation is 1. The smallest absolute Gasteiger partial charge is 0.303 e. The van der Waals surface area contributed by atoms with Crippen LogP contribution in [0, 0.1) is 12.3 Å². The summed E-state index contributed by atoms with van der Waals surface area (Å²) < 4.78 is 0. The quantitative estimate of drug-likeness (QED) is 0.913. The molecule has 1 atom stereocenters. The minimum absolute atomic E-state index is 0.127. The van der Waals surface area contributed by atoms with Crippen molar-refractivity contribution < 1.29 is 9.90 Å². The van der Waals surface area contributed by atoms with Gasteiger partial charge >= 0.3 is 5.97 Å². The SMILES string of the molecule is Cc1cc(Cl)ccc1N1CCC(C)(CC(=O)O)C1. The summed E-state index contributed by atoms with van der Waals surface area (Å²) in [5.41, 5.74) is 2.17. The second-order valence-corrected chi connectivity index (χ2v) is 5.92. The molecule has 4 heteroatoms. The lowest BCUT2D eigenvalue weighted by Crippen LogP contribution is -2.27. The summed E-state index contributed by atoms with van der Waals surface area (Å²) in [6, 6.07) is 5.85. The number of carboxylic acids is 1. The van der Waals surface area contributed by atoms with Gasteiger partial charge in [-0.05, 0) is 42.5 Å². The molecule has 0 spiro atoms. The van der Waals surface area contributed by atoms with Crippen molar-refractivity contribution >= 4 is 23.3 Å². The molecule has 18 heavy (non-hydrogen) atoms. The third-order valence-electron chi connectivity index (χ3n) is 3.64. The van der Waals surface area contributed by atoms with E-state index in [4.69, 9.17) is 16.7 Å². The number of aliphatic carboxylic acids is 1. The van der Waals surface area contributed by atoms with Crippen molar-refractivity contribution in [3.05, 3.63) is 28.8 Å². The summed E-state index contributed by atoms with van der Waals surface area (Å²) in [6.07, 6.45) is 1.15. The maximum atomic E-state index is 10.9. The Hall–Kier alpha value is -1.22. The molecule has 0 aliphatic carbocycles. The van der Waals surface area contributed by atoms with Crippen LogP contribution < -0.4 is 4.90 Å². The average Bonchev–Trinajstić information content (AvgIpc) is 2.59. The molecule has 0 bridgehead atoms. The van der Waals surface area contributed by atoms with Gasteiger partial charge in [-0.2, -0.15) is 0 Å². The largest absolute Gasteiger partial charge is 0.481 e. The van der Waals surface area contributed by atoms with E-state index in [1.54, 1.807) is 0 Å². The maximum absolute atomic E-state index is 10.9. The van der Waals surface area contributed by atoms with Crippen LogP contribution in [0.15, 0.2) is 18.2 Å². The normalized spacial score (nSPS) is 23.4. The van der Waals surface area contributed by atoms with Crippen LogP contribution in [0.1, 0.15) is 25.3 Å². The lowest BCUT2D eigenvalue weighted by atomic mass is 9.86. The second kappa shape index (κ2) is 4.81. The molecule has 0 amide bonds. The van der Waals surface area contributed by atoms with Crippen LogP contribution in [0.5, 0.6) is 0 Å². The Kier molecular flexibility index (Phi) is 3.53. The lowest BCUT2D eigenvalue weighted by Gasteiger charge is -2.25. The number of hydrogen-bond acceptors (Lipinski definition) is 2. The van der Waals surface area contributed by atoms with Gasteiger partial charge in [-0.25, -0.2) is 0 Å². The Morgan fingerprint density at radius 1 is 1.56 bits per heavy atom. The fraction of sp³-hybridized carbons (Fsp3) is 0.500. The number of halogens is 1. The molecule has 2 rings (SSSR count). The number of hydrogen-bond donors (Lipinski definition) is 1. The van der Waals surface area contributed by atoms with E-state index in [9.17, 15) is 4.79 Å². The van der Waals surface area contributed by atoms with Gasteiger partial charge in [0.1, 0.15) is 0 Å². The second-order valence-electron chi connectivity index (χ2n) is 5.48. The summed E-state index contributed by atoms with van der Waals surface area (Å²) in [4.78, 5) is 13.1. The molecule has 1 aromatic carbocycles. The number of rotatable bonds is 3. The minimum Gasteiger partial charge on any atom is -0.481 e. The molecule has 1 fully saturated rings. The summed E-state index contributed by atoms with van der Waals surface area (Å²) in [5.74, 6) is -0.716. The lowest BCUT2D eigenvalue weighted by molar-refractivity contribution is -0.139. The van der Waals surface area contributed by atoms with Gasteiger partial charge in [-0.3, -0.25) is 4.79 Å². The maximum Gasteiger partial charge on any atom is 0.303 e. The molecule has 1 aliphatic heterocycles. The first-order valence-corrected chi connectivity index (χ1v) is 6.50. The van der Waals surface area contributed by atoms with E-state index in [1.165, 1.54) is 0 Å². The zero-order chi connectivity index (χ0) is 13.3. The van der Waals surface area contributed by atoms with Crippen LogP contribution in [0.3, 0.4) is 0 Å². The van der Waals surface area contributed by atoms with E-state index < -0.39 is 5.97 Å². The first-order chi connectivity index (χ1) is 8.39. The Bertz CT molecular complexity index is 475. The molecule has 1 aromatic rings. The van der Waals surface area contributed by atoms with Crippen molar-refractivity contribution in [1.29, 1.82) is 0 Å². The zero-order valence-corrected chi connectivity index (χ0v) is 11.5. The predicted molar refractivity (Wildman–Crippen MR) is 73.4 cm³/mol. The first kappa shape index (κ1) is 13.2. The number of carbonyl (C=O) groups is 1. The summed E-state index contributed by atoms with van der Waals surface area (Å²) in [5, 5.41) is 9.69. The van der Waals surface area contributed by atoms with Gasteiger partial charge in [0.2, 0.25) is 0 Å². The Morgan fingerprint density at radius 3 is 2.89 bits per heavy atom. The molecule has 1 aliphatic rings. The average molecular weight is 268 g/mol. The highest BCUT2D eigenvalue weighted by molar-refractivity contribution is 6.30. The van der Waals surface area contributed by atoms with E-state index in [0.717, 1.165) is 35.8 Å². The van der Waals surface area contributed by atoms with Gasteiger partial charge in [0.25, 0.3) is 0 Å². The number of carboxylic acid groups (broad SMARTS) is 1. The van der Waals surface area contributed by atoms with Crippen LogP contribution in [0.4, 0.5) is 5.69 Å². The highest BCUT2D eigenvalue weighted by atomic mass is 35.5. The fourth-order valence-corrected chi connectivity index (χ4v) is 2.94. The Morgan fingerprint density at radius 2 is 2.28 bits per heavy atom. The third-order valence-corrected chi connectivity index (χ3v) is 3.87. The standard InChI is InChI=1S/C14H18ClNO2/c1-10-7-11(15)3-4-12(10)16-6-5-14(2,9-16)8-13(17)18/h3-4,7H,5-6,8-9H2,1-2H3,(H,17,18). The topological polar surface area (TPSA) is 40.5 Å². The van der Waals surface area contributed by atoms with Crippen molar-refractivity contribution in [3.8, 4) is 0 Å². The molecule has 1 unspecified atom stereocenters. The van der Waals surface area contributed by atoms with Gasteiger partial charge in [0.05, 0.1) is 6.42 Å². The van der Waals surface area contributed by atoms with Gasteiger partial charge in [-0.1, -0.05) is 18.5 Å². The van der Waals surface area contributed by atoms with E-state index >= 15 is 0 Å². The van der Waals surface area contributed by atoms with Crippen LogP contribution in [0.25, 0.3) is 0 Å². The van der Waals surface area contributed by atoms with Crippen LogP contribution in [-0.2, 0) is 4.79 Å². The Balaban J connectivity index is 2.15. The van der Waals surface area contributed by atoms with Gasteiger partial charge < -0.3 is 10.0 Å². The summed E-state index contributed by atoms with van der Waals surface area (Å²) in [7, 11) is 0. The zero-order valence-electron chi connectivity index (χ0n) is 10.7. The molecule has 1 saturated heterocycles. The van der Waals surface area contributed by atoms with E-state index in [-0.39, 0.29) is 11.8 Å². The van der Waals surface area contributed by atoms with E-state index in [0.29, 0.717) is 0 Å². The van der Waals surface area contributed by atoms with Crippen molar-refractivity contribution in [1.82, 2.24) is 0 Å². The van der Waals surface area contributed by atoms with E-state index in [1.807, 2.05) is 32.0 Å². The highest BCUT2D eigenvalue weighted by Gasteiger charge is 2.36. The van der Waals surface area contributed by atoms with Gasteiger partial charge in [0.15, 0.2) is 0 Å². The van der Waals surface area contributed by atoms with E-state index in [2.05, 4.69) is 4.90 Å². The van der Waals surface area contributed by atoms with Crippen molar-refractivity contribution in [3.63, 3.8) is 0 Å². The molecule has 0 radical (unpaired) electrons. The monoisotopic (exact) mass is 267 g/mol. The fourth-order valence-electron chi connectivity index (χ4n) is 2.71. The van der Waals surface area contributed by atoms with Crippen molar-refractivity contribution in [2.45, 2.75) is 26.7 Å². The number of nitrogens with zero attached hydrogens (tertiary/aromatic N) is 1. The molecular formula is C14H18ClNO2. The molecule has 0 saturated carbocycles. The molecular weight excluding hydrogens is 250 g/mol. The molecule has 98 valence electrons. The van der Waals surface area contributed by atoms with Gasteiger partial charge in [-0.15, -0.1) is 0 Å².